The molecule has 7 heteroatoms. The lowest BCUT2D eigenvalue weighted by molar-refractivity contribution is -0.133. The van der Waals surface area contributed by atoms with Crippen LogP contribution in [0.4, 0.5) is 18.0 Å². The number of amides is 2. The summed E-state index contributed by atoms with van der Waals surface area (Å²) in [6.45, 7) is -0.0102. The first-order valence-electron chi connectivity index (χ1n) is 5.74. The Labute approximate surface area is 109 Å². The summed E-state index contributed by atoms with van der Waals surface area (Å²) in [6, 6.07) is 8.75. The van der Waals surface area contributed by atoms with Crippen molar-refractivity contribution in [2.24, 2.45) is 0 Å². The van der Waals surface area contributed by atoms with Gasteiger partial charge < -0.3 is 5.32 Å². The first kappa shape index (κ1) is 15.3. The van der Waals surface area contributed by atoms with Crippen molar-refractivity contribution >= 4 is 6.03 Å². The van der Waals surface area contributed by atoms with Crippen molar-refractivity contribution in [1.82, 2.24) is 15.8 Å². The Morgan fingerprint density at radius 3 is 2.47 bits per heavy atom. The van der Waals surface area contributed by atoms with Crippen LogP contribution < -0.4 is 10.7 Å². The van der Waals surface area contributed by atoms with Crippen LogP contribution in [0.1, 0.15) is 12.0 Å². The van der Waals surface area contributed by atoms with Gasteiger partial charge in [-0.3, -0.25) is 5.01 Å². The number of benzene rings is 1. The minimum atomic E-state index is -4.26. The summed E-state index contributed by atoms with van der Waals surface area (Å²) in [7, 11) is 1.45. The summed E-state index contributed by atoms with van der Waals surface area (Å²) in [5, 5.41) is 3.31. The van der Waals surface area contributed by atoms with E-state index in [0.717, 1.165) is 10.6 Å². The van der Waals surface area contributed by atoms with Crippen LogP contribution in [-0.4, -0.2) is 30.8 Å². The van der Waals surface area contributed by atoms with Crippen molar-refractivity contribution in [2.45, 2.75) is 19.1 Å². The third-order valence-corrected chi connectivity index (χ3v) is 2.35. The highest BCUT2D eigenvalue weighted by Gasteiger charge is 2.26. The number of hydrogen-bond acceptors (Lipinski definition) is 2. The van der Waals surface area contributed by atoms with Gasteiger partial charge in [-0.1, -0.05) is 30.3 Å². The molecule has 0 aliphatic heterocycles. The Balaban J connectivity index is 2.25. The summed E-state index contributed by atoms with van der Waals surface area (Å²) in [6.07, 6.45) is -5.30. The zero-order chi connectivity index (χ0) is 14.3. The summed E-state index contributed by atoms with van der Waals surface area (Å²) in [4.78, 5) is 11.4. The highest BCUT2D eigenvalue weighted by Crippen LogP contribution is 2.18. The summed E-state index contributed by atoms with van der Waals surface area (Å²) < 4.78 is 35.7. The van der Waals surface area contributed by atoms with Crippen LogP contribution >= 0.6 is 0 Å². The number of nitrogens with zero attached hydrogens (tertiary/aromatic N) is 1. The van der Waals surface area contributed by atoms with Crippen LogP contribution in [0.15, 0.2) is 30.3 Å². The average molecular weight is 275 g/mol. The number of carbonyl (C=O) groups excluding carboxylic acids is 1. The fraction of sp³-hybridized carbons (Fsp3) is 0.417. The third-order valence-electron chi connectivity index (χ3n) is 2.35. The van der Waals surface area contributed by atoms with E-state index in [4.69, 9.17) is 0 Å². The van der Waals surface area contributed by atoms with Crippen molar-refractivity contribution in [1.29, 1.82) is 0 Å². The van der Waals surface area contributed by atoms with Crippen LogP contribution in [0.5, 0.6) is 0 Å². The van der Waals surface area contributed by atoms with Crippen LogP contribution in [0.3, 0.4) is 0 Å². The van der Waals surface area contributed by atoms with E-state index in [1.807, 2.05) is 30.3 Å². The Hall–Kier alpha value is -1.76. The number of hydrazine groups is 1. The predicted octanol–water partition coefficient (Wildman–Crippen LogP) is 2.29. The summed E-state index contributed by atoms with van der Waals surface area (Å²) in [5.74, 6) is 0. The summed E-state index contributed by atoms with van der Waals surface area (Å²) in [5.41, 5.74) is 3.76. The maximum Gasteiger partial charge on any atom is 0.390 e. The molecule has 106 valence electrons. The second-order valence-corrected chi connectivity index (χ2v) is 3.98. The molecule has 0 aliphatic carbocycles. The number of hydrogen-bond donors (Lipinski definition) is 2. The normalized spacial score (nSPS) is 11.2. The molecule has 0 spiro atoms. The molecule has 2 N–H and O–H groups in total. The van der Waals surface area contributed by atoms with Crippen LogP contribution in [0, 0.1) is 0 Å². The van der Waals surface area contributed by atoms with Crippen molar-refractivity contribution in [3.63, 3.8) is 0 Å². The van der Waals surface area contributed by atoms with E-state index in [1.165, 1.54) is 7.05 Å². The number of urea groups is 1. The fourth-order valence-corrected chi connectivity index (χ4v) is 1.31. The molecule has 1 aromatic rings. The van der Waals surface area contributed by atoms with Crippen LogP contribution in [0.25, 0.3) is 0 Å². The van der Waals surface area contributed by atoms with Gasteiger partial charge in [0.15, 0.2) is 0 Å². The van der Waals surface area contributed by atoms with E-state index in [9.17, 15) is 18.0 Å². The molecular formula is C12H16F3N3O. The molecular weight excluding hydrogens is 259 g/mol. The van der Waals surface area contributed by atoms with Gasteiger partial charge in [-0.15, -0.1) is 0 Å². The number of rotatable bonds is 5. The molecule has 0 aromatic heterocycles. The minimum absolute atomic E-state index is 0.421. The van der Waals surface area contributed by atoms with Crippen molar-refractivity contribution in [3.05, 3.63) is 35.9 Å². The third kappa shape index (κ3) is 6.66. The molecule has 0 saturated carbocycles. The van der Waals surface area contributed by atoms with Crippen LogP contribution in [-0.2, 0) is 6.54 Å². The van der Waals surface area contributed by atoms with Crippen molar-refractivity contribution in [3.8, 4) is 0 Å². The van der Waals surface area contributed by atoms with Gasteiger partial charge >= 0.3 is 12.2 Å². The molecule has 0 fully saturated rings. The lowest BCUT2D eigenvalue weighted by atomic mass is 10.2. The lowest BCUT2D eigenvalue weighted by Crippen LogP contribution is -2.46. The fourth-order valence-electron chi connectivity index (χ4n) is 1.31. The average Bonchev–Trinajstić information content (AvgIpc) is 2.35. The van der Waals surface area contributed by atoms with E-state index >= 15 is 0 Å². The van der Waals surface area contributed by atoms with Crippen molar-refractivity contribution < 1.29 is 18.0 Å². The first-order valence-corrected chi connectivity index (χ1v) is 5.74. The van der Waals surface area contributed by atoms with Crippen LogP contribution in [0.2, 0.25) is 0 Å². The zero-order valence-electron chi connectivity index (χ0n) is 10.5. The summed E-state index contributed by atoms with van der Waals surface area (Å²) >= 11 is 0. The van der Waals surface area contributed by atoms with E-state index < -0.39 is 25.2 Å². The van der Waals surface area contributed by atoms with Gasteiger partial charge in [-0.2, -0.15) is 13.2 Å². The quantitative estimate of drug-likeness (QED) is 0.810. The largest absolute Gasteiger partial charge is 0.390 e. The topological polar surface area (TPSA) is 44.4 Å². The minimum Gasteiger partial charge on any atom is -0.337 e. The molecule has 1 rings (SSSR count). The SMILES string of the molecule is CN(NCc1ccccc1)C(=O)NCCC(F)(F)F. The molecule has 4 nitrogen and oxygen atoms in total. The molecule has 0 unspecified atom stereocenters. The molecule has 2 amide bonds. The highest BCUT2D eigenvalue weighted by atomic mass is 19.4. The first-order chi connectivity index (χ1) is 8.88. The van der Waals surface area contributed by atoms with E-state index in [2.05, 4.69) is 10.7 Å². The van der Waals surface area contributed by atoms with Gasteiger partial charge in [-0.25, -0.2) is 10.2 Å². The highest BCUT2D eigenvalue weighted by molar-refractivity contribution is 5.73. The van der Waals surface area contributed by atoms with Gasteiger partial charge in [0, 0.05) is 20.1 Å². The number of alkyl halides is 3. The van der Waals surface area contributed by atoms with Gasteiger partial charge in [0.25, 0.3) is 0 Å². The Bertz CT molecular complexity index is 395. The van der Waals surface area contributed by atoms with Gasteiger partial charge in [-0.05, 0) is 5.56 Å². The maximum atomic E-state index is 11.9. The molecule has 0 atom stereocenters. The maximum absolute atomic E-state index is 11.9. The molecule has 0 saturated heterocycles. The standard InChI is InChI=1S/C12H16F3N3O/c1-18(11(19)16-8-7-12(13,14)15)17-9-10-5-3-2-4-6-10/h2-6,17H,7-9H2,1H3,(H,16,19). The van der Waals surface area contributed by atoms with Crippen molar-refractivity contribution in [2.75, 3.05) is 13.6 Å². The molecule has 0 bridgehead atoms. The van der Waals surface area contributed by atoms with E-state index in [0.29, 0.717) is 6.54 Å². The van der Waals surface area contributed by atoms with E-state index in [1.54, 1.807) is 0 Å². The zero-order valence-corrected chi connectivity index (χ0v) is 10.5. The molecule has 19 heavy (non-hydrogen) atoms. The van der Waals surface area contributed by atoms with Gasteiger partial charge in [0.05, 0.1) is 6.42 Å². The lowest BCUT2D eigenvalue weighted by Gasteiger charge is -2.19. The second kappa shape index (κ2) is 6.98. The Morgan fingerprint density at radius 2 is 1.89 bits per heavy atom. The molecule has 0 radical (unpaired) electrons. The predicted molar refractivity (Wildman–Crippen MR) is 65.1 cm³/mol. The number of nitrogens with one attached hydrogen (secondary N) is 2. The smallest absolute Gasteiger partial charge is 0.337 e. The van der Waals surface area contributed by atoms with Gasteiger partial charge in [0.1, 0.15) is 0 Å². The second-order valence-electron chi connectivity index (χ2n) is 3.98. The number of carbonyl (C=O) groups is 1. The van der Waals surface area contributed by atoms with E-state index in [-0.39, 0.29) is 0 Å². The molecule has 1 aromatic carbocycles. The molecule has 0 aliphatic rings. The Kier molecular flexibility index (Phi) is 5.62. The number of halogens is 3. The molecule has 0 heterocycles. The monoisotopic (exact) mass is 275 g/mol. The van der Waals surface area contributed by atoms with Gasteiger partial charge in [0.2, 0.25) is 0 Å². The Morgan fingerprint density at radius 1 is 1.26 bits per heavy atom.